The molecule has 7 heteroatoms. The van der Waals surface area contributed by atoms with Gasteiger partial charge < -0.3 is 14.8 Å². The standard InChI is InChI=1S/C16H14BrN3O3/c1-22-7-6-19-16-12(9-18)3-5-15(20-16)23-14-4-2-11(10-21)8-13(14)17/h2-5,8,10H,6-7H2,1H3,(H,19,20). The second-order valence-corrected chi connectivity index (χ2v) is 5.34. The summed E-state index contributed by atoms with van der Waals surface area (Å²) in [6.07, 6.45) is 0.756. The minimum Gasteiger partial charge on any atom is -0.438 e. The van der Waals surface area contributed by atoms with E-state index in [0.717, 1.165) is 6.29 Å². The molecule has 0 aliphatic rings. The summed E-state index contributed by atoms with van der Waals surface area (Å²) in [5, 5.41) is 12.1. The number of ether oxygens (including phenoxy) is 2. The van der Waals surface area contributed by atoms with Gasteiger partial charge in [-0.3, -0.25) is 4.79 Å². The van der Waals surface area contributed by atoms with Gasteiger partial charge in [0, 0.05) is 25.3 Å². The number of benzene rings is 1. The number of carbonyl (C=O) groups is 1. The van der Waals surface area contributed by atoms with E-state index in [0.29, 0.717) is 46.2 Å². The highest BCUT2D eigenvalue weighted by Gasteiger charge is 2.09. The number of rotatable bonds is 7. The first kappa shape index (κ1) is 16.9. The van der Waals surface area contributed by atoms with Crippen LogP contribution < -0.4 is 10.1 Å². The van der Waals surface area contributed by atoms with E-state index >= 15 is 0 Å². The summed E-state index contributed by atoms with van der Waals surface area (Å²) in [7, 11) is 1.60. The number of aromatic nitrogens is 1. The van der Waals surface area contributed by atoms with Gasteiger partial charge in [0.05, 0.1) is 16.6 Å². The lowest BCUT2D eigenvalue weighted by atomic mass is 10.2. The Bertz CT molecular complexity index is 744. The van der Waals surface area contributed by atoms with Gasteiger partial charge in [0.25, 0.3) is 0 Å². The fourth-order valence-corrected chi connectivity index (χ4v) is 2.26. The van der Waals surface area contributed by atoms with Crippen LogP contribution in [0.25, 0.3) is 0 Å². The SMILES string of the molecule is COCCNc1nc(Oc2ccc(C=O)cc2Br)ccc1C#N. The van der Waals surface area contributed by atoms with Crippen molar-refractivity contribution < 1.29 is 14.3 Å². The summed E-state index contributed by atoms with van der Waals surface area (Å²) < 4.78 is 11.3. The van der Waals surface area contributed by atoms with Gasteiger partial charge in [0.2, 0.25) is 5.88 Å². The van der Waals surface area contributed by atoms with Crippen molar-refractivity contribution in [3.05, 3.63) is 45.9 Å². The predicted molar refractivity (Wildman–Crippen MR) is 88.9 cm³/mol. The number of carbonyl (C=O) groups excluding carboxylic acids is 1. The molecule has 0 amide bonds. The third kappa shape index (κ3) is 4.52. The van der Waals surface area contributed by atoms with Crippen LogP contribution in [0.4, 0.5) is 5.82 Å². The number of halogens is 1. The van der Waals surface area contributed by atoms with Crippen LogP contribution in [0.2, 0.25) is 0 Å². The zero-order chi connectivity index (χ0) is 16.7. The molecule has 1 N–H and O–H groups in total. The zero-order valence-corrected chi connectivity index (χ0v) is 14.0. The smallest absolute Gasteiger partial charge is 0.221 e. The summed E-state index contributed by atoms with van der Waals surface area (Å²) in [6.45, 7) is 1.02. The Kier molecular flexibility index (Phi) is 6.09. The van der Waals surface area contributed by atoms with E-state index < -0.39 is 0 Å². The van der Waals surface area contributed by atoms with Crippen molar-refractivity contribution in [3.8, 4) is 17.7 Å². The largest absolute Gasteiger partial charge is 0.438 e. The quantitative estimate of drug-likeness (QED) is 0.589. The Hall–Kier alpha value is -2.43. The van der Waals surface area contributed by atoms with E-state index in [1.807, 2.05) is 0 Å². The molecule has 0 saturated carbocycles. The maximum atomic E-state index is 10.7. The highest BCUT2D eigenvalue weighted by Crippen LogP contribution is 2.30. The normalized spacial score (nSPS) is 9.96. The van der Waals surface area contributed by atoms with E-state index in [9.17, 15) is 4.79 Å². The minimum atomic E-state index is 0.337. The second kappa shape index (κ2) is 8.27. The van der Waals surface area contributed by atoms with Crippen LogP contribution in [0, 0.1) is 11.3 Å². The Morgan fingerprint density at radius 2 is 2.22 bits per heavy atom. The molecule has 1 aromatic carbocycles. The molecular weight excluding hydrogens is 362 g/mol. The van der Waals surface area contributed by atoms with Gasteiger partial charge in [-0.05, 0) is 40.2 Å². The molecule has 0 aliphatic heterocycles. The van der Waals surface area contributed by atoms with E-state index in [1.54, 1.807) is 37.4 Å². The third-order valence-corrected chi connectivity index (χ3v) is 3.52. The van der Waals surface area contributed by atoms with Gasteiger partial charge in [0.15, 0.2) is 0 Å². The van der Waals surface area contributed by atoms with Crippen molar-refractivity contribution in [3.63, 3.8) is 0 Å². The summed E-state index contributed by atoms with van der Waals surface area (Å²) in [6, 6.07) is 10.3. The van der Waals surface area contributed by atoms with Crippen LogP contribution in [0.1, 0.15) is 15.9 Å². The molecule has 118 valence electrons. The molecule has 0 atom stereocenters. The average Bonchev–Trinajstić information content (AvgIpc) is 2.57. The lowest BCUT2D eigenvalue weighted by molar-refractivity contribution is 0.112. The van der Waals surface area contributed by atoms with Crippen LogP contribution >= 0.6 is 15.9 Å². The molecule has 6 nitrogen and oxygen atoms in total. The average molecular weight is 376 g/mol. The van der Waals surface area contributed by atoms with E-state index in [2.05, 4.69) is 32.3 Å². The Balaban J connectivity index is 2.21. The van der Waals surface area contributed by atoms with E-state index in [-0.39, 0.29) is 0 Å². The summed E-state index contributed by atoms with van der Waals surface area (Å²) in [5.41, 5.74) is 0.961. The highest BCUT2D eigenvalue weighted by molar-refractivity contribution is 9.10. The maximum Gasteiger partial charge on any atom is 0.221 e. The van der Waals surface area contributed by atoms with Crippen molar-refractivity contribution >= 4 is 28.0 Å². The van der Waals surface area contributed by atoms with Gasteiger partial charge in [-0.2, -0.15) is 10.2 Å². The number of aldehydes is 1. The van der Waals surface area contributed by atoms with Crippen molar-refractivity contribution in [2.45, 2.75) is 0 Å². The molecule has 1 aromatic heterocycles. The van der Waals surface area contributed by atoms with Gasteiger partial charge in [-0.25, -0.2) is 0 Å². The highest BCUT2D eigenvalue weighted by atomic mass is 79.9. The molecule has 1 heterocycles. The van der Waals surface area contributed by atoms with Crippen molar-refractivity contribution in [2.24, 2.45) is 0 Å². The molecule has 0 aliphatic carbocycles. The Labute approximate surface area is 142 Å². The van der Waals surface area contributed by atoms with Crippen molar-refractivity contribution in [1.82, 2.24) is 4.98 Å². The molecule has 0 saturated heterocycles. The van der Waals surface area contributed by atoms with Crippen LogP contribution in [0.15, 0.2) is 34.8 Å². The first-order valence-corrected chi connectivity index (χ1v) is 7.53. The fraction of sp³-hybridized carbons (Fsp3) is 0.188. The third-order valence-electron chi connectivity index (χ3n) is 2.90. The zero-order valence-electron chi connectivity index (χ0n) is 12.4. The monoisotopic (exact) mass is 375 g/mol. The van der Waals surface area contributed by atoms with E-state index in [4.69, 9.17) is 14.7 Å². The number of pyridine rings is 1. The number of methoxy groups -OCH3 is 1. The molecule has 0 fully saturated rings. The van der Waals surface area contributed by atoms with Crippen molar-refractivity contribution in [2.75, 3.05) is 25.6 Å². The lowest BCUT2D eigenvalue weighted by Crippen LogP contribution is -2.10. The molecule has 2 aromatic rings. The molecular formula is C16H14BrN3O3. The van der Waals surface area contributed by atoms with Gasteiger partial charge >= 0.3 is 0 Å². The molecule has 23 heavy (non-hydrogen) atoms. The molecule has 0 unspecified atom stereocenters. The van der Waals surface area contributed by atoms with Gasteiger partial charge in [0.1, 0.15) is 23.9 Å². The number of nitriles is 1. The van der Waals surface area contributed by atoms with Crippen LogP contribution in [0.5, 0.6) is 11.6 Å². The van der Waals surface area contributed by atoms with E-state index in [1.165, 1.54) is 0 Å². The molecule has 2 rings (SSSR count). The number of nitrogens with zero attached hydrogens (tertiary/aromatic N) is 2. The Morgan fingerprint density at radius 1 is 1.39 bits per heavy atom. The first-order valence-electron chi connectivity index (χ1n) is 6.74. The molecule has 0 bridgehead atoms. The second-order valence-electron chi connectivity index (χ2n) is 4.49. The number of anilines is 1. The minimum absolute atomic E-state index is 0.337. The topological polar surface area (TPSA) is 84.2 Å². The molecule has 0 radical (unpaired) electrons. The predicted octanol–water partition coefficient (Wildman–Crippen LogP) is 3.38. The number of nitrogens with one attached hydrogen (secondary N) is 1. The summed E-state index contributed by atoms with van der Waals surface area (Å²) >= 11 is 3.35. The fourth-order valence-electron chi connectivity index (χ4n) is 1.78. The lowest BCUT2D eigenvalue weighted by Gasteiger charge is -2.11. The van der Waals surface area contributed by atoms with Gasteiger partial charge in [-0.15, -0.1) is 0 Å². The maximum absolute atomic E-state index is 10.7. The number of hydrogen-bond donors (Lipinski definition) is 1. The van der Waals surface area contributed by atoms with Crippen molar-refractivity contribution in [1.29, 1.82) is 5.26 Å². The summed E-state index contributed by atoms with van der Waals surface area (Å²) in [5.74, 6) is 1.29. The van der Waals surface area contributed by atoms with Gasteiger partial charge in [-0.1, -0.05) is 0 Å². The van der Waals surface area contributed by atoms with Crippen LogP contribution in [-0.4, -0.2) is 31.5 Å². The van der Waals surface area contributed by atoms with Crippen LogP contribution in [0.3, 0.4) is 0 Å². The molecule has 0 spiro atoms. The summed E-state index contributed by atoms with van der Waals surface area (Å²) in [4.78, 5) is 15.0. The number of hydrogen-bond acceptors (Lipinski definition) is 6. The first-order chi connectivity index (χ1) is 11.2. The Morgan fingerprint density at radius 3 is 2.87 bits per heavy atom. The van der Waals surface area contributed by atoms with Crippen LogP contribution in [-0.2, 0) is 4.74 Å².